The van der Waals surface area contributed by atoms with Gasteiger partial charge in [-0.1, -0.05) is 54.6 Å². The number of esters is 1. The van der Waals surface area contributed by atoms with E-state index in [0.29, 0.717) is 11.8 Å². The summed E-state index contributed by atoms with van der Waals surface area (Å²) in [5, 5.41) is 0. The van der Waals surface area contributed by atoms with Crippen LogP contribution in [0.2, 0.25) is 0 Å². The zero-order valence-electron chi connectivity index (χ0n) is 14.6. The average Bonchev–Trinajstić information content (AvgIpc) is 3.28. The van der Waals surface area contributed by atoms with Gasteiger partial charge in [0.1, 0.15) is 0 Å². The van der Waals surface area contributed by atoms with E-state index in [1.165, 1.54) is 43.6 Å². The van der Waals surface area contributed by atoms with Crippen LogP contribution in [0.15, 0.2) is 60.7 Å². The molecule has 2 aromatic carbocycles. The fraction of sp³-hybridized carbons (Fsp3) is 0.348. The third-order valence-electron chi connectivity index (χ3n) is 6.06. The van der Waals surface area contributed by atoms with Crippen LogP contribution in [-0.2, 0) is 9.53 Å². The molecule has 2 fully saturated rings. The molecule has 0 heterocycles. The number of hydrogen-bond acceptors (Lipinski definition) is 2. The lowest BCUT2D eigenvalue weighted by Gasteiger charge is -2.33. The van der Waals surface area contributed by atoms with Gasteiger partial charge < -0.3 is 4.74 Å². The summed E-state index contributed by atoms with van der Waals surface area (Å²) in [4.78, 5) is 11.5. The molecule has 2 aliphatic rings. The molecule has 0 aromatic heterocycles. The molecule has 4 rings (SSSR count). The minimum atomic E-state index is -0.303. The third-order valence-corrected chi connectivity index (χ3v) is 6.06. The van der Waals surface area contributed by atoms with Crippen molar-refractivity contribution in [2.75, 3.05) is 7.11 Å². The van der Waals surface area contributed by atoms with Gasteiger partial charge in [0.05, 0.1) is 7.11 Å². The molecule has 0 N–H and O–H groups in total. The van der Waals surface area contributed by atoms with E-state index in [-0.39, 0.29) is 5.97 Å². The van der Waals surface area contributed by atoms with E-state index in [9.17, 15) is 4.79 Å². The van der Waals surface area contributed by atoms with Gasteiger partial charge in [0, 0.05) is 6.08 Å². The smallest absolute Gasteiger partial charge is 0.330 e. The van der Waals surface area contributed by atoms with E-state index >= 15 is 0 Å². The van der Waals surface area contributed by atoms with Crippen molar-refractivity contribution in [1.82, 2.24) is 0 Å². The van der Waals surface area contributed by atoms with Gasteiger partial charge in [-0.05, 0) is 65.7 Å². The van der Waals surface area contributed by atoms with Gasteiger partial charge in [-0.2, -0.15) is 0 Å². The molecule has 0 saturated heterocycles. The Morgan fingerprint density at radius 2 is 1.64 bits per heavy atom. The molecule has 4 atom stereocenters. The van der Waals surface area contributed by atoms with Crippen LogP contribution < -0.4 is 0 Å². The number of carbonyl (C=O) groups is 1. The molecule has 2 aliphatic carbocycles. The van der Waals surface area contributed by atoms with E-state index in [4.69, 9.17) is 4.74 Å². The van der Waals surface area contributed by atoms with Crippen molar-refractivity contribution in [3.63, 3.8) is 0 Å². The Hall–Kier alpha value is -2.35. The van der Waals surface area contributed by atoms with Gasteiger partial charge in [0.15, 0.2) is 0 Å². The molecule has 25 heavy (non-hydrogen) atoms. The maximum absolute atomic E-state index is 11.5. The molecule has 128 valence electrons. The van der Waals surface area contributed by atoms with Gasteiger partial charge in [-0.3, -0.25) is 0 Å². The summed E-state index contributed by atoms with van der Waals surface area (Å²) in [5.74, 6) is 2.37. The van der Waals surface area contributed by atoms with Crippen LogP contribution >= 0.6 is 0 Å². The van der Waals surface area contributed by atoms with E-state index < -0.39 is 0 Å². The van der Waals surface area contributed by atoms with Crippen LogP contribution in [0.4, 0.5) is 0 Å². The molecular weight excluding hydrogens is 308 g/mol. The lowest BCUT2D eigenvalue weighted by Crippen LogP contribution is -2.19. The predicted molar refractivity (Wildman–Crippen MR) is 100 cm³/mol. The van der Waals surface area contributed by atoms with Gasteiger partial charge in [0.25, 0.3) is 0 Å². The highest BCUT2D eigenvalue weighted by Gasteiger charge is 2.48. The Bertz CT molecular complexity index is 778. The maximum Gasteiger partial charge on any atom is 0.330 e. The first-order valence-corrected chi connectivity index (χ1v) is 9.18. The van der Waals surface area contributed by atoms with Crippen molar-refractivity contribution in [2.24, 2.45) is 11.8 Å². The molecule has 0 spiro atoms. The largest absolute Gasteiger partial charge is 0.466 e. The lowest BCUT2D eigenvalue weighted by molar-refractivity contribution is -0.134. The summed E-state index contributed by atoms with van der Waals surface area (Å²) >= 11 is 0. The number of fused-ring (bicyclic) bond motifs is 2. The van der Waals surface area contributed by atoms with Crippen LogP contribution in [0.1, 0.15) is 47.8 Å². The molecule has 2 heteroatoms. The standard InChI is InChI=1S/C23H24O2/c1-25-21(24)14-13-16-7-5-6-10-20(16)23-19-12-11-18(15-19)22(23)17-8-3-2-4-9-17/h2-10,13-14,18-19,22-23H,11-12,15H2,1H3/b14-13+/t18-,19+,22-,23+/m0/s1. The highest BCUT2D eigenvalue weighted by molar-refractivity contribution is 5.87. The third kappa shape index (κ3) is 3.02. The van der Waals surface area contributed by atoms with Crippen molar-refractivity contribution >= 4 is 12.0 Å². The van der Waals surface area contributed by atoms with Crippen molar-refractivity contribution in [3.8, 4) is 0 Å². The van der Waals surface area contributed by atoms with E-state index in [2.05, 4.69) is 48.5 Å². The summed E-state index contributed by atoms with van der Waals surface area (Å²) in [6, 6.07) is 19.5. The second-order valence-electron chi connectivity index (χ2n) is 7.28. The van der Waals surface area contributed by atoms with Crippen molar-refractivity contribution in [2.45, 2.75) is 31.1 Å². The molecule has 2 saturated carbocycles. The second kappa shape index (κ2) is 6.87. The summed E-state index contributed by atoms with van der Waals surface area (Å²) < 4.78 is 4.75. The van der Waals surface area contributed by atoms with Gasteiger partial charge in [-0.15, -0.1) is 0 Å². The van der Waals surface area contributed by atoms with Crippen LogP contribution in [0.3, 0.4) is 0 Å². The number of benzene rings is 2. The highest BCUT2D eigenvalue weighted by atomic mass is 16.5. The Morgan fingerprint density at radius 3 is 2.40 bits per heavy atom. The van der Waals surface area contributed by atoms with Gasteiger partial charge in [-0.25, -0.2) is 4.79 Å². The van der Waals surface area contributed by atoms with Crippen LogP contribution in [0.25, 0.3) is 6.08 Å². The first-order chi connectivity index (χ1) is 12.3. The van der Waals surface area contributed by atoms with E-state index in [1.54, 1.807) is 0 Å². The highest BCUT2D eigenvalue weighted by Crippen LogP contribution is 2.61. The topological polar surface area (TPSA) is 26.3 Å². The fourth-order valence-corrected chi connectivity index (χ4v) is 5.09. The van der Waals surface area contributed by atoms with E-state index in [1.807, 2.05) is 12.1 Å². The molecule has 0 radical (unpaired) electrons. The molecule has 2 nitrogen and oxygen atoms in total. The summed E-state index contributed by atoms with van der Waals surface area (Å²) in [5.41, 5.74) is 3.99. The first kappa shape index (κ1) is 16.1. The Morgan fingerprint density at radius 1 is 0.960 bits per heavy atom. The van der Waals surface area contributed by atoms with E-state index in [0.717, 1.165) is 17.4 Å². The number of ether oxygens (including phenoxy) is 1. The number of carbonyl (C=O) groups excluding carboxylic acids is 1. The minimum absolute atomic E-state index is 0.303. The number of hydrogen-bond donors (Lipinski definition) is 0. The minimum Gasteiger partial charge on any atom is -0.466 e. The van der Waals surface area contributed by atoms with Crippen LogP contribution in [0.5, 0.6) is 0 Å². The Labute approximate surface area is 149 Å². The monoisotopic (exact) mass is 332 g/mol. The molecular formula is C23H24O2. The molecule has 2 bridgehead atoms. The molecule has 0 unspecified atom stereocenters. The van der Waals surface area contributed by atoms with Gasteiger partial charge in [0.2, 0.25) is 0 Å². The number of methoxy groups -OCH3 is 1. The van der Waals surface area contributed by atoms with Crippen LogP contribution in [0, 0.1) is 11.8 Å². The zero-order valence-corrected chi connectivity index (χ0v) is 14.6. The zero-order chi connectivity index (χ0) is 17.2. The summed E-state index contributed by atoms with van der Waals surface area (Å²) in [6.45, 7) is 0. The van der Waals surface area contributed by atoms with Gasteiger partial charge >= 0.3 is 5.97 Å². The Balaban J connectivity index is 1.73. The van der Waals surface area contributed by atoms with Crippen LogP contribution in [-0.4, -0.2) is 13.1 Å². The summed E-state index contributed by atoms with van der Waals surface area (Å²) in [6.07, 6.45) is 7.45. The SMILES string of the molecule is COC(=O)/C=C/c1ccccc1[C@H]1[C@@H]2CC[C@@H](C2)[C@@H]1c1ccccc1. The molecule has 0 aliphatic heterocycles. The molecule has 2 aromatic rings. The summed E-state index contributed by atoms with van der Waals surface area (Å²) in [7, 11) is 1.42. The van der Waals surface area contributed by atoms with Crippen molar-refractivity contribution < 1.29 is 9.53 Å². The fourth-order valence-electron chi connectivity index (χ4n) is 5.09. The normalized spacial score (nSPS) is 27.7. The number of rotatable bonds is 4. The van der Waals surface area contributed by atoms with Crippen molar-refractivity contribution in [3.05, 3.63) is 77.4 Å². The van der Waals surface area contributed by atoms with Crippen molar-refractivity contribution in [1.29, 1.82) is 0 Å². The lowest BCUT2D eigenvalue weighted by atomic mass is 9.71. The Kier molecular flexibility index (Phi) is 4.44. The quantitative estimate of drug-likeness (QED) is 0.570. The second-order valence-corrected chi connectivity index (χ2v) is 7.28. The first-order valence-electron chi connectivity index (χ1n) is 9.18. The predicted octanol–water partition coefficient (Wildman–Crippen LogP) is 5.17. The maximum atomic E-state index is 11.5. The molecule has 0 amide bonds. The average molecular weight is 332 g/mol.